The molecule has 0 bridgehead atoms. The molecule has 0 saturated carbocycles. The van der Waals surface area contributed by atoms with Crippen molar-refractivity contribution in [3.63, 3.8) is 0 Å². The molecule has 6 nitrogen and oxygen atoms in total. The minimum atomic E-state index is 0.0416. The number of hydrogen-bond donors (Lipinski definition) is 0. The van der Waals surface area contributed by atoms with Crippen LogP contribution in [0.4, 0.5) is 0 Å². The van der Waals surface area contributed by atoms with Crippen molar-refractivity contribution < 1.29 is 9.21 Å². The molecular weight excluding hydrogens is 304 g/mol. The Morgan fingerprint density at radius 1 is 1.12 bits per heavy atom. The summed E-state index contributed by atoms with van der Waals surface area (Å²) in [4.78, 5) is 17.9. The van der Waals surface area contributed by atoms with Crippen molar-refractivity contribution in [2.75, 3.05) is 7.05 Å². The SMILES string of the molecule is CN(Cc1ccccc1)C(=O)CCc1nnc(-c2cccnc2)o1. The predicted molar refractivity (Wildman–Crippen MR) is 88.8 cm³/mol. The van der Waals surface area contributed by atoms with Crippen LogP contribution in [0, 0.1) is 0 Å². The zero-order chi connectivity index (χ0) is 16.8. The van der Waals surface area contributed by atoms with E-state index >= 15 is 0 Å². The number of nitrogens with zero attached hydrogens (tertiary/aromatic N) is 4. The average molecular weight is 322 g/mol. The maximum atomic E-state index is 12.2. The molecule has 2 aromatic heterocycles. The van der Waals surface area contributed by atoms with E-state index in [4.69, 9.17) is 4.42 Å². The molecule has 0 unspecified atom stereocenters. The van der Waals surface area contributed by atoms with Gasteiger partial charge in [0, 0.05) is 38.8 Å². The predicted octanol–water partition coefficient (Wildman–Crippen LogP) is 2.72. The molecule has 0 aliphatic rings. The van der Waals surface area contributed by atoms with Gasteiger partial charge in [-0.25, -0.2) is 0 Å². The first-order valence-corrected chi connectivity index (χ1v) is 7.73. The minimum absolute atomic E-state index is 0.0416. The number of aromatic nitrogens is 3. The van der Waals surface area contributed by atoms with Crippen LogP contribution in [0.25, 0.3) is 11.5 Å². The largest absolute Gasteiger partial charge is 0.421 e. The fourth-order valence-electron chi connectivity index (χ4n) is 2.31. The van der Waals surface area contributed by atoms with E-state index in [1.54, 1.807) is 30.4 Å². The van der Waals surface area contributed by atoms with E-state index in [-0.39, 0.29) is 5.91 Å². The van der Waals surface area contributed by atoms with Crippen LogP contribution in [0.15, 0.2) is 59.3 Å². The number of hydrogen-bond acceptors (Lipinski definition) is 5. The molecule has 1 aromatic carbocycles. The Kier molecular flexibility index (Phi) is 4.96. The Bertz CT molecular complexity index is 787. The number of rotatable bonds is 6. The molecule has 3 aromatic rings. The van der Waals surface area contributed by atoms with Crippen molar-refractivity contribution in [2.24, 2.45) is 0 Å². The lowest BCUT2D eigenvalue weighted by Crippen LogP contribution is -2.26. The van der Waals surface area contributed by atoms with Gasteiger partial charge in [0.2, 0.25) is 17.7 Å². The molecule has 0 aliphatic heterocycles. The van der Waals surface area contributed by atoms with Gasteiger partial charge < -0.3 is 9.32 Å². The lowest BCUT2D eigenvalue weighted by Gasteiger charge is -2.16. The Balaban J connectivity index is 1.54. The molecule has 0 fully saturated rings. The maximum absolute atomic E-state index is 12.2. The van der Waals surface area contributed by atoms with Crippen molar-refractivity contribution in [1.29, 1.82) is 0 Å². The molecule has 1 amide bonds. The summed E-state index contributed by atoms with van der Waals surface area (Å²) in [5, 5.41) is 7.99. The highest BCUT2D eigenvalue weighted by Crippen LogP contribution is 2.16. The Hall–Kier alpha value is -3.02. The summed E-state index contributed by atoms with van der Waals surface area (Å²) >= 11 is 0. The van der Waals surface area contributed by atoms with Gasteiger partial charge in [0.05, 0.1) is 5.56 Å². The van der Waals surface area contributed by atoms with Gasteiger partial charge in [-0.1, -0.05) is 30.3 Å². The van der Waals surface area contributed by atoms with Crippen LogP contribution in [0.2, 0.25) is 0 Å². The van der Waals surface area contributed by atoms with E-state index < -0.39 is 0 Å². The average Bonchev–Trinajstić information content (AvgIpc) is 3.10. The highest BCUT2D eigenvalue weighted by Gasteiger charge is 2.13. The van der Waals surface area contributed by atoms with E-state index in [1.807, 2.05) is 36.4 Å². The summed E-state index contributed by atoms with van der Waals surface area (Å²) in [7, 11) is 1.80. The standard InChI is InChI=1S/C18H18N4O2/c1-22(13-14-6-3-2-4-7-14)17(23)10-9-16-20-21-18(24-16)15-8-5-11-19-12-15/h2-8,11-12H,9-10,13H2,1H3. The molecule has 24 heavy (non-hydrogen) atoms. The second-order valence-electron chi connectivity index (χ2n) is 5.48. The van der Waals surface area contributed by atoms with Gasteiger partial charge in [0.25, 0.3) is 0 Å². The molecule has 0 spiro atoms. The molecule has 3 rings (SSSR count). The maximum Gasteiger partial charge on any atom is 0.249 e. The second-order valence-corrected chi connectivity index (χ2v) is 5.48. The Morgan fingerprint density at radius 2 is 1.96 bits per heavy atom. The summed E-state index contributed by atoms with van der Waals surface area (Å²) in [6.07, 6.45) is 4.10. The number of benzene rings is 1. The topological polar surface area (TPSA) is 72.1 Å². The lowest BCUT2D eigenvalue weighted by atomic mass is 10.2. The van der Waals surface area contributed by atoms with Crippen LogP contribution in [0.1, 0.15) is 17.9 Å². The number of carbonyl (C=O) groups is 1. The third-order valence-corrected chi connectivity index (χ3v) is 3.62. The number of carbonyl (C=O) groups excluding carboxylic acids is 1. The third-order valence-electron chi connectivity index (χ3n) is 3.62. The van der Waals surface area contributed by atoms with Gasteiger partial charge in [-0.3, -0.25) is 9.78 Å². The molecule has 0 saturated heterocycles. The smallest absolute Gasteiger partial charge is 0.249 e. The number of amides is 1. The van der Waals surface area contributed by atoms with E-state index in [0.29, 0.717) is 31.2 Å². The molecule has 0 radical (unpaired) electrons. The van der Waals surface area contributed by atoms with Crippen LogP contribution in [0.3, 0.4) is 0 Å². The molecule has 0 atom stereocenters. The fourth-order valence-corrected chi connectivity index (χ4v) is 2.31. The van der Waals surface area contributed by atoms with Crippen LogP contribution >= 0.6 is 0 Å². The molecular formula is C18H18N4O2. The first-order valence-electron chi connectivity index (χ1n) is 7.73. The molecule has 2 heterocycles. The molecule has 6 heteroatoms. The second kappa shape index (κ2) is 7.50. The Morgan fingerprint density at radius 3 is 2.71 bits per heavy atom. The zero-order valence-electron chi connectivity index (χ0n) is 13.4. The summed E-state index contributed by atoms with van der Waals surface area (Å²) in [5.74, 6) is 0.915. The van der Waals surface area contributed by atoms with Gasteiger partial charge in [0.1, 0.15) is 0 Å². The van der Waals surface area contributed by atoms with E-state index in [1.165, 1.54) is 0 Å². The summed E-state index contributed by atoms with van der Waals surface area (Å²) in [6.45, 7) is 0.588. The van der Waals surface area contributed by atoms with Gasteiger partial charge in [-0.05, 0) is 17.7 Å². The highest BCUT2D eigenvalue weighted by atomic mass is 16.4. The summed E-state index contributed by atoms with van der Waals surface area (Å²) in [5.41, 5.74) is 1.87. The molecule has 122 valence electrons. The third kappa shape index (κ3) is 4.04. The van der Waals surface area contributed by atoms with Gasteiger partial charge in [-0.2, -0.15) is 0 Å². The van der Waals surface area contributed by atoms with Crippen molar-refractivity contribution in [3.05, 3.63) is 66.3 Å². The van der Waals surface area contributed by atoms with Crippen LogP contribution in [-0.4, -0.2) is 33.0 Å². The van der Waals surface area contributed by atoms with Crippen molar-refractivity contribution in [3.8, 4) is 11.5 Å². The summed E-state index contributed by atoms with van der Waals surface area (Å²) in [6, 6.07) is 13.5. The molecule has 0 aliphatic carbocycles. The first-order chi connectivity index (χ1) is 11.7. The van der Waals surface area contributed by atoms with E-state index in [9.17, 15) is 4.79 Å². The van der Waals surface area contributed by atoms with Crippen molar-refractivity contribution >= 4 is 5.91 Å². The van der Waals surface area contributed by atoms with Crippen molar-refractivity contribution in [1.82, 2.24) is 20.1 Å². The fraction of sp³-hybridized carbons (Fsp3) is 0.222. The van der Waals surface area contributed by atoms with E-state index in [0.717, 1.165) is 11.1 Å². The van der Waals surface area contributed by atoms with Gasteiger partial charge in [0.15, 0.2) is 0 Å². The first kappa shape index (κ1) is 15.9. The lowest BCUT2D eigenvalue weighted by molar-refractivity contribution is -0.130. The zero-order valence-corrected chi connectivity index (χ0v) is 13.4. The number of aryl methyl sites for hydroxylation is 1. The van der Waals surface area contributed by atoms with Gasteiger partial charge in [-0.15, -0.1) is 10.2 Å². The minimum Gasteiger partial charge on any atom is -0.421 e. The normalized spacial score (nSPS) is 10.5. The van der Waals surface area contributed by atoms with E-state index in [2.05, 4.69) is 15.2 Å². The monoisotopic (exact) mass is 322 g/mol. The van der Waals surface area contributed by atoms with Crippen molar-refractivity contribution in [2.45, 2.75) is 19.4 Å². The quantitative estimate of drug-likeness (QED) is 0.698. The Labute approximate surface area is 140 Å². The molecule has 0 N–H and O–H groups in total. The van der Waals surface area contributed by atoms with Gasteiger partial charge >= 0.3 is 0 Å². The van der Waals surface area contributed by atoms with Crippen LogP contribution in [-0.2, 0) is 17.8 Å². The van der Waals surface area contributed by atoms with Crippen LogP contribution in [0.5, 0.6) is 0 Å². The number of pyridine rings is 1. The highest BCUT2D eigenvalue weighted by molar-refractivity contribution is 5.76. The van der Waals surface area contributed by atoms with Crippen LogP contribution < -0.4 is 0 Å². The summed E-state index contributed by atoms with van der Waals surface area (Å²) < 4.78 is 5.59.